The summed E-state index contributed by atoms with van der Waals surface area (Å²) < 4.78 is 63.3. The molecule has 1 aromatic carbocycles. The lowest BCUT2D eigenvalue weighted by atomic mass is 10.2. The number of amides is 2. The molecule has 0 aliphatic carbocycles. The van der Waals surface area contributed by atoms with Gasteiger partial charge in [0.1, 0.15) is 11.6 Å². The van der Waals surface area contributed by atoms with Crippen LogP contribution in [0.25, 0.3) is 0 Å². The molecule has 0 radical (unpaired) electrons. The number of halogens is 4. The third-order valence-corrected chi connectivity index (χ3v) is 5.07. The summed E-state index contributed by atoms with van der Waals surface area (Å²) >= 11 is 0. The van der Waals surface area contributed by atoms with E-state index in [0.717, 1.165) is 17.0 Å². The molecule has 128 valence electrons. The number of carbonyl (C=O) groups excluding carboxylic acids is 1. The molecule has 1 unspecified atom stereocenters. The van der Waals surface area contributed by atoms with Gasteiger partial charge in [-0.2, -0.15) is 13.2 Å². The van der Waals surface area contributed by atoms with Crippen LogP contribution in [0.2, 0.25) is 0 Å². The van der Waals surface area contributed by atoms with Crippen LogP contribution in [0, 0.1) is 12.7 Å². The van der Waals surface area contributed by atoms with Crippen molar-refractivity contribution in [3.8, 4) is 0 Å². The molecule has 1 aliphatic heterocycles. The van der Waals surface area contributed by atoms with Crippen LogP contribution >= 0.6 is 0 Å². The number of anilines is 1. The first-order valence-electron chi connectivity index (χ1n) is 6.95. The second-order valence-electron chi connectivity index (χ2n) is 5.19. The molecule has 23 heavy (non-hydrogen) atoms. The minimum Gasteiger partial charge on any atom is -0.323 e. The lowest BCUT2D eigenvalue weighted by molar-refractivity contribution is -0.105. The van der Waals surface area contributed by atoms with Gasteiger partial charge in [-0.05, 0) is 31.5 Å². The van der Waals surface area contributed by atoms with Crippen molar-refractivity contribution in [2.75, 3.05) is 30.3 Å². The Balaban J connectivity index is 2.37. The van der Waals surface area contributed by atoms with Crippen LogP contribution < -0.4 is 4.90 Å². The smallest absolute Gasteiger partial charge is 0.323 e. The van der Waals surface area contributed by atoms with Gasteiger partial charge in [0, 0.05) is 24.5 Å². The summed E-state index contributed by atoms with van der Waals surface area (Å²) in [6.45, 7) is 4.26. The summed E-state index contributed by atoms with van der Waals surface area (Å²) in [5.41, 5.74) is 0.0231. The first kappa shape index (κ1) is 17.7. The number of hydrogen-bond acceptors (Lipinski definition) is 2. The highest BCUT2D eigenvalue weighted by molar-refractivity contribution is 7.85. The maximum absolute atomic E-state index is 14.2. The van der Waals surface area contributed by atoms with Crippen LogP contribution in [0.1, 0.15) is 12.5 Å². The van der Waals surface area contributed by atoms with E-state index in [4.69, 9.17) is 0 Å². The van der Waals surface area contributed by atoms with Gasteiger partial charge in [0.25, 0.3) is 0 Å². The van der Waals surface area contributed by atoms with Gasteiger partial charge in [-0.3, -0.25) is 9.11 Å². The van der Waals surface area contributed by atoms with E-state index in [-0.39, 0.29) is 22.7 Å². The predicted octanol–water partition coefficient (Wildman–Crippen LogP) is 3.07. The molecule has 1 aliphatic rings. The van der Waals surface area contributed by atoms with Crippen molar-refractivity contribution in [3.63, 3.8) is 0 Å². The van der Waals surface area contributed by atoms with Gasteiger partial charge in [0.15, 0.2) is 0 Å². The topological polar surface area (TPSA) is 40.6 Å². The van der Waals surface area contributed by atoms with Crippen molar-refractivity contribution in [1.29, 1.82) is 0 Å². The van der Waals surface area contributed by atoms with Crippen LogP contribution in [-0.2, 0) is 10.8 Å². The van der Waals surface area contributed by atoms with Crippen LogP contribution in [0.5, 0.6) is 0 Å². The molecule has 1 fully saturated rings. The lowest BCUT2D eigenvalue weighted by Crippen LogP contribution is -2.32. The molecule has 4 nitrogen and oxygen atoms in total. The Morgan fingerprint density at radius 1 is 1.26 bits per heavy atom. The molecule has 1 atom stereocenters. The Bertz CT molecular complexity index is 648. The zero-order chi connectivity index (χ0) is 17.4. The van der Waals surface area contributed by atoms with Crippen LogP contribution in [-0.4, -0.2) is 46.7 Å². The molecule has 0 saturated carbocycles. The Morgan fingerprint density at radius 3 is 2.43 bits per heavy atom. The SMILES string of the molecule is CCN1CCN(c2cc(S(=O)CC(F)(F)F)c(C)cc2F)C1=O. The number of likely N-dealkylation sites (N-methyl/N-ethyl adjacent to an activating group) is 1. The van der Waals surface area contributed by atoms with E-state index >= 15 is 0 Å². The van der Waals surface area contributed by atoms with E-state index < -0.39 is 34.6 Å². The second-order valence-corrected chi connectivity index (χ2v) is 6.61. The number of carbonyl (C=O) groups is 1. The molecule has 2 rings (SSSR count). The first-order valence-corrected chi connectivity index (χ1v) is 8.27. The largest absolute Gasteiger partial charge is 0.400 e. The normalized spacial score (nSPS) is 17.0. The molecule has 1 aromatic rings. The predicted molar refractivity (Wildman–Crippen MR) is 78.5 cm³/mol. The first-order chi connectivity index (χ1) is 10.6. The monoisotopic (exact) mass is 352 g/mol. The number of nitrogens with zero attached hydrogens (tertiary/aromatic N) is 2. The highest BCUT2D eigenvalue weighted by Crippen LogP contribution is 2.30. The number of benzene rings is 1. The zero-order valence-electron chi connectivity index (χ0n) is 12.6. The van der Waals surface area contributed by atoms with Gasteiger partial charge in [-0.15, -0.1) is 0 Å². The average Bonchev–Trinajstić information content (AvgIpc) is 2.78. The quantitative estimate of drug-likeness (QED) is 0.782. The summed E-state index contributed by atoms with van der Waals surface area (Å²) in [6.07, 6.45) is -4.59. The van der Waals surface area contributed by atoms with Crippen molar-refractivity contribution in [1.82, 2.24) is 4.90 Å². The maximum atomic E-state index is 14.2. The van der Waals surface area contributed by atoms with Gasteiger partial charge in [0.05, 0.1) is 16.5 Å². The second kappa shape index (κ2) is 6.46. The van der Waals surface area contributed by atoms with Crippen molar-refractivity contribution < 1.29 is 26.6 Å². The fraction of sp³-hybridized carbons (Fsp3) is 0.500. The van der Waals surface area contributed by atoms with E-state index in [2.05, 4.69) is 0 Å². The van der Waals surface area contributed by atoms with Crippen molar-refractivity contribution in [2.45, 2.75) is 24.9 Å². The summed E-state index contributed by atoms with van der Waals surface area (Å²) in [5, 5.41) is 0. The zero-order valence-corrected chi connectivity index (χ0v) is 13.4. The fourth-order valence-electron chi connectivity index (χ4n) is 2.42. The fourth-order valence-corrected chi connectivity index (χ4v) is 3.53. The van der Waals surface area contributed by atoms with Gasteiger partial charge in [0.2, 0.25) is 0 Å². The standard InChI is InChI=1S/C14H16F4N2O2S/c1-3-19-4-5-20(13(19)21)11-7-12(9(2)6-10(11)15)23(22)8-14(16,17)18/h6-7H,3-5,8H2,1-2H3. The van der Waals surface area contributed by atoms with Crippen LogP contribution in [0.15, 0.2) is 17.0 Å². The molecule has 0 spiro atoms. The maximum Gasteiger partial charge on any atom is 0.400 e. The Kier molecular flexibility index (Phi) is 4.98. The molecule has 0 bridgehead atoms. The molecular weight excluding hydrogens is 336 g/mol. The minimum atomic E-state index is -4.59. The van der Waals surface area contributed by atoms with Crippen molar-refractivity contribution in [3.05, 3.63) is 23.5 Å². The molecule has 2 amide bonds. The molecule has 0 N–H and O–H groups in total. The summed E-state index contributed by atoms with van der Waals surface area (Å²) in [5.74, 6) is -2.23. The Labute approximate surface area is 133 Å². The van der Waals surface area contributed by atoms with E-state index in [9.17, 15) is 26.6 Å². The van der Waals surface area contributed by atoms with E-state index in [1.54, 1.807) is 6.92 Å². The highest BCUT2D eigenvalue weighted by Gasteiger charge is 2.34. The molecular formula is C14H16F4N2O2S. The Hall–Kier alpha value is -1.64. The average molecular weight is 352 g/mol. The minimum absolute atomic E-state index is 0.110. The van der Waals surface area contributed by atoms with Gasteiger partial charge >= 0.3 is 12.2 Å². The third kappa shape index (κ3) is 3.82. The van der Waals surface area contributed by atoms with Crippen LogP contribution in [0.3, 0.4) is 0 Å². The number of aryl methyl sites for hydroxylation is 1. The molecule has 9 heteroatoms. The van der Waals surface area contributed by atoms with Gasteiger partial charge in [-0.25, -0.2) is 9.18 Å². The van der Waals surface area contributed by atoms with E-state index in [1.807, 2.05) is 0 Å². The Morgan fingerprint density at radius 2 is 1.91 bits per heavy atom. The summed E-state index contributed by atoms with van der Waals surface area (Å²) in [6, 6.07) is 1.69. The lowest BCUT2D eigenvalue weighted by Gasteiger charge is -2.20. The summed E-state index contributed by atoms with van der Waals surface area (Å²) in [7, 11) is -2.35. The van der Waals surface area contributed by atoms with Crippen molar-refractivity contribution in [2.24, 2.45) is 0 Å². The summed E-state index contributed by atoms with van der Waals surface area (Å²) in [4.78, 5) is 14.7. The van der Waals surface area contributed by atoms with Crippen LogP contribution in [0.4, 0.5) is 28.0 Å². The molecule has 1 saturated heterocycles. The van der Waals surface area contributed by atoms with Crippen molar-refractivity contribution >= 4 is 22.5 Å². The third-order valence-electron chi connectivity index (χ3n) is 3.55. The van der Waals surface area contributed by atoms with Gasteiger partial charge < -0.3 is 4.90 Å². The van der Waals surface area contributed by atoms with E-state index in [0.29, 0.717) is 13.1 Å². The number of urea groups is 1. The number of hydrogen-bond donors (Lipinski definition) is 0. The molecule has 0 aromatic heterocycles. The van der Waals surface area contributed by atoms with E-state index in [1.165, 1.54) is 11.8 Å². The molecule has 1 heterocycles. The number of rotatable bonds is 4. The number of alkyl halides is 3. The van der Waals surface area contributed by atoms with Gasteiger partial charge in [-0.1, -0.05) is 0 Å². The highest BCUT2D eigenvalue weighted by atomic mass is 32.2.